The number of aromatic nitrogens is 4. The van der Waals surface area contributed by atoms with Gasteiger partial charge >= 0.3 is 0 Å². The van der Waals surface area contributed by atoms with Gasteiger partial charge < -0.3 is 15.1 Å². The zero-order chi connectivity index (χ0) is 21.5. The highest BCUT2D eigenvalue weighted by Crippen LogP contribution is 2.26. The van der Waals surface area contributed by atoms with Crippen molar-refractivity contribution in [1.82, 2.24) is 24.6 Å². The molecule has 0 bridgehead atoms. The highest BCUT2D eigenvalue weighted by atomic mass is 16.2. The number of hydrogen-bond donors (Lipinski definition) is 1. The van der Waals surface area contributed by atoms with E-state index in [1.807, 2.05) is 38.2 Å². The molecular formula is C22H35N7O. The second kappa shape index (κ2) is 10.4. The molecule has 0 aliphatic carbocycles. The predicted molar refractivity (Wildman–Crippen MR) is 119 cm³/mol. The van der Waals surface area contributed by atoms with Gasteiger partial charge in [-0.2, -0.15) is 5.10 Å². The van der Waals surface area contributed by atoms with Crippen LogP contribution in [-0.2, 0) is 18.4 Å². The molecule has 8 heteroatoms. The normalized spacial score (nSPS) is 14.7. The van der Waals surface area contributed by atoms with E-state index in [1.165, 1.54) is 0 Å². The second-order valence-corrected chi connectivity index (χ2v) is 8.32. The standard InChI is InChI=1S/C22H35N7O/c1-5-10-23-20-13-21(25-16-24-20)29-11-8-18(9-12-29)6-7-22(30)27(3)14-19-15-28(4)26-17(19)2/h13,15-16,18H,5-12,14H2,1-4H3,(H,23,24,25). The van der Waals surface area contributed by atoms with Gasteiger partial charge in [0, 0.05) is 64.5 Å². The summed E-state index contributed by atoms with van der Waals surface area (Å²) < 4.78 is 1.80. The first-order valence-electron chi connectivity index (χ1n) is 11.0. The van der Waals surface area contributed by atoms with E-state index in [0.717, 1.165) is 68.2 Å². The SMILES string of the molecule is CCCNc1cc(N2CCC(CCC(=O)N(C)Cc3cn(C)nc3C)CC2)ncn1. The summed E-state index contributed by atoms with van der Waals surface area (Å²) in [5, 5.41) is 7.68. The Morgan fingerprint density at radius 3 is 2.73 bits per heavy atom. The molecule has 1 amide bonds. The number of piperidine rings is 1. The monoisotopic (exact) mass is 413 g/mol. The van der Waals surface area contributed by atoms with E-state index >= 15 is 0 Å². The van der Waals surface area contributed by atoms with E-state index in [0.29, 0.717) is 18.9 Å². The maximum Gasteiger partial charge on any atom is 0.222 e. The summed E-state index contributed by atoms with van der Waals surface area (Å²) in [7, 11) is 3.80. The maximum absolute atomic E-state index is 12.6. The predicted octanol–water partition coefficient (Wildman–Crippen LogP) is 3.00. The Morgan fingerprint density at radius 1 is 1.30 bits per heavy atom. The van der Waals surface area contributed by atoms with Gasteiger partial charge in [-0.15, -0.1) is 0 Å². The van der Waals surface area contributed by atoms with Gasteiger partial charge in [-0.05, 0) is 38.5 Å². The molecule has 0 spiro atoms. The van der Waals surface area contributed by atoms with Gasteiger partial charge in [0.15, 0.2) is 0 Å². The molecule has 164 valence electrons. The molecule has 1 N–H and O–H groups in total. The fourth-order valence-electron chi connectivity index (χ4n) is 3.99. The summed E-state index contributed by atoms with van der Waals surface area (Å²) in [5.41, 5.74) is 2.10. The van der Waals surface area contributed by atoms with Crippen LogP contribution < -0.4 is 10.2 Å². The third-order valence-electron chi connectivity index (χ3n) is 5.86. The lowest BCUT2D eigenvalue weighted by Gasteiger charge is -2.33. The van der Waals surface area contributed by atoms with Crippen LogP contribution in [0, 0.1) is 12.8 Å². The zero-order valence-electron chi connectivity index (χ0n) is 18.8. The van der Waals surface area contributed by atoms with Crippen LogP contribution in [-0.4, -0.2) is 57.2 Å². The fourth-order valence-corrected chi connectivity index (χ4v) is 3.99. The number of nitrogens with one attached hydrogen (secondary N) is 1. The number of hydrogen-bond acceptors (Lipinski definition) is 6. The van der Waals surface area contributed by atoms with Gasteiger partial charge in [-0.1, -0.05) is 6.92 Å². The summed E-state index contributed by atoms with van der Waals surface area (Å²) >= 11 is 0. The minimum Gasteiger partial charge on any atom is -0.370 e. The van der Waals surface area contributed by atoms with Gasteiger partial charge in [-0.3, -0.25) is 9.48 Å². The molecule has 2 aromatic rings. The Hall–Kier alpha value is -2.64. The Bertz CT molecular complexity index is 827. The van der Waals surface area contributed by atoms with E-state index in [1.54, 1.807) is 11.0 Å². The molecule has 0 unspecified atom stereocenters. The molecule has 1 fully saturated rings. The van der Waals surface area contributed by atoms with Crippen LogP contribution >= 0.6 is 0 Å². The minimum atomic E-state index is 0.211. The first-order chi connectivity index (χ1) is 14.5. The number of rotatable bonds is 9. The molecule has 1 aliphatic rings. The summed E-state index contributed by atoms with van der Waals surface area (Å²) in [6, 6.07) is 2.04. The Kier molecular flexibility index (Phi) is 7.65. The molecule has 0 aromatic carbocycles. The zero-order valence-corrected chi connectivity index (χ0v) is 18.8. The van der Waals surface area contributed by atoms with E-state index in [9.17, 15) is 4.79 Å². The summed E-state index contributed by atoms with van der Waals surface area (Å²) in [4.78, 5) is 25.5. The largest absolute Gasteiger partial charge is 0.370 e. The van der Waals surface area contributed by atoms with Crippen molar-refractivity contribution in [2.45, 2.75) is 52.5 Å². The molecule has 1 aliphatic heterocycles. The van der Waals surface area contributed by atoms with Crippen molar-refractivity contribution in [2.24, 2.45) is 13.0 Å². The average molecular weight is 414 g/mol. The lowest BCUT2D eigenvalue weighted by Crippen LogP contribution is -2.35. The number of amides is 1. The molecule has 8 nitrogen and oxygen atoms in total. The van der Waals surface area contributed by atoms with E-state index < -0.39 is 0 Å². The molecule has 0 saturated carbocycles. The van der Waals surface area contributed by atoms with Crippen LogP contribution in [0.2, 0.25) is 0 Å². The van der Waals surface area contributed by atoms with Crippen molar-refractivity contribution in [3.05, 3.63) is 29.8 Å². The Labute approximate surface area is 179 Å². The molecule has 3 rings (SSSR count). The summed E-state index contributed by atoms with van der Waals surface area (Å²) in [5.74, 6) is 2.69. The molecule has 30 heavy (non-hydrogen) atoms. The Balaban J connectivity index is 1.42. The van der Waals surface area contributed by atoms with Crippen LogP contribution in [0.15, 0.2) is 18.6 Å². The number of anilines is 2. The summed E-state index contributed by atoms with van der Waals surface area (Å²) in [6.07, 6.45) is 8.46. The first kappa shape index (κ1) is 22.1. The second-order valence-electron chi connectivity index (χ2n) is 8.32. The molecule has 0 atom stereocenters. The average Bonchev–Trinajstić information content (AvgIpc) is 3.07. The van der Waals surface area contributed by atoms with Crippen molar-refractivity contribution >= 4 is 17.5 Å². The van der Waals surface area contributed by atoms with Gasteiger partial charge in [-0.25, -0.2) is 9.97 Å². The number of carbonyl (C=O) groups is 1. The number of aryl methyl sites for hydroxylation is 2. The number of carbonyl (C=O) groups excluding carboxylic acids is 1. The lowest BCUT2D eigenvalue weighted by atomic mass is 9.92. The highest BCUT2D eigenvalue weighted by Gasteiger charge is 2.22. The first-order valence-corrected chi connectivity index (χ1v) is 11.0. The van der Waals surface area contributed by atoms with Crippen LogP contribution in [0.4, 0.5) is 11.6 Å². The third-order valence-corrected chi connectivity index (χ3v) is 5.86. The smallest absolute Gasteiger partial charge is 0.222 e. The van der Waals surface area contributed by atoms with Gasteiger partial charge in [0.2, 0.25) is 5.91 Å². The molecular weight excluding hydrogens is 378 g/mol. The topological polar surface area (TPSA) is 79.2 Å². The van der Waals surface area contributed by atoms with Crippen molar-refractivity contribution < 1.29 is 4.79 Å². The molecule has 0 radical (unpaired) electrons. The third kappa shape index (κ3) is 5.93. The van der Waals surface area contributed by atoms with E-state index in [2.05, 4.69) is 32.2 Å². The van der Waals surface area contributed by atoms with Crippen LogP contribution in [0.5, 0.6) is 0 Å². The number of nitrogens with zero attached hydrogens (tertiary/aromatic N) is 6. The van der Waals surface area contributed by atoms with Crippen LogP contribution in [0.1, 0.15) is 50.3 Å². The maximum atomic E-state index is 12.6. The highest BCUT2D eigenvalue weighted by molar-refractivity contribution is 5.75. The Morgan fingerprint density at radius 2 is 2.07 bits per heavy atom. The van der Waals surface area contributed by atoms with Crippen LogP contribution in [0.3, 0.4) is 0 Å². The molecule has 3 heterocycles. The molecule has 2 aromatic heterocycles. The minimum absolute atomic E-state index is 0.211. The van der Waals surface area contributed by atoms with Crippen molar-refractivity contribution in [1.29, 1.82) is 0 Å². The molecule has 1 saturated heterocycles. The van der Waals surface area contributed by atoms with Crippen LogP contribution in [0.25, 0.3) is 0 Å². The van der Waals surface area contributed by atoms with Gasteiger partial charge in [0.25, 0.3) is 0 Å². The fraction of sp³-hybridized carbons (Fsp3) is 0.636. The van der Waals surface area contributed by atoms with Crippen molar-refractivity contribution in [2.75, 3.05) is 36.9 Å². The van der Waals surface area contributed by atoms with Crippen molar-refractivity contribution in [3.63, 3.8) is 0 Å². The van der Waals surface area contributed by atoms with E-state index in [4.69, 9.17) is 0 Å². The van der Waals surface area contributed by atoms with Crippen molar-refractivity contribution in [3.8, 4) is 0 Å². The lowest BCUT2D eigenvalue weighted by molar-refractivity contribution is -0.130. The van der Waals surface area contributed by atoms with E-state index in [-0.39, 0.29) is 5.91 Å². The van der Waals surface area contributed by atoms with Gasteiger partial charge in [0.1, 0.15) is 18.0 Å². The summed E-state index contributed by atoms with van der Waals surface area (Å²) in [6.45, 7) is 7.63. The quantitative estimate of drug-likeness (QED) is 0.681. The van der Waals surface area contributed by atoms with Gasteiger partial charge in [0.05, 0.1) is 5.69 Å².